The van der Waals surface area contributed by atoms with Crippen molar-refractivity contribution in [1.29, 1.82) is 0 Å². The molecule has 4 unspecified atom stereocenters. The van der Waals surface area contributed by atoms with Crippen LogP contribution in [0.25, 0.3) is 0 Å². The molecule has 1 aromatic carbocycles. The van der Waals surface area contributed by atoms with E-state index in [0.717, 1.165) is 25.3 Å². The Balaban J connectivity index is 1.38. The average Bonchev–Trinajstić information content (AvgIpc) is 3.38. The predicted octanol–water partition coefficient (Wildman–Crippen LogP) is 2.87. The van der Waals surface area contributed by atoms with Gasteiger partial charge in [0, 0.05) is 12.6 Å². The highest BCUT2D eigenvalue weighted by atomic mass is 16.5. The number of rotatable bonds is 6. The van der Waals surface area contributed by atoms with Crippen LogP contribution in [-0.2, 0) is 4.79 Å². The molecule has 1 amide bonds. The number of benzene rings is 1. The zero-order valence-electron chi connectivity index (χ0n) is 16.5. The molecule has 0 spiro atoms. The molecule has 1 saturated carbocycles. The fourth-order valence-corrected chi connectivity index (χ4v) is 5.18. The SMILES string of the molecule is COc1ccc(C(CNC(=O)C2CC3CCCCC3N2)N2CCCC2)cc1. The Morgan fingerprint density at radius 1 is 1.19 bits per heavy atom. The Bertz CT molecular complexity index is 613. The molecule has 2 heterocycles. The summed E-state index contributed by atoms with van der Waals surface area (Å²) in [6, 6.07) is 9.10. The monoisotopic (exact) mass is 371 g/mol. The van der Waals surface area contributed by atoms with E-state index in [0.29, 0.717) is 18.5 Å². The highest BCUT2D eigenvalue weighted by Gasteiger charge is 2.38. The molecule has 5 heteroatoms. The van der Waals surface area contributed by atoms with Crippen LogP contribution >= 0.6 is 0 Å². The van der Waals surface area contributed by atoms with Crippen molar-refractivity contribution in [1.82, 2.24) is 15.5 Å². The normalized spacial score (nSPS) is 29.3. The third kappa shape index (κ3) is 4.30. The van der Waals surface area contributed by atoms with Gasteiger partial charge in [-0.25, -0.2) is 0 Å². The van der Waals surface area contributed by atoms with Crippen LogP contribution in [-0.4, -0.2) is 49.6 Å². The number of carbonyl (C=O) groups excluding carboxylic acids is 1. The lowest BCUT2D eigenvalue weighted by Crippen LogP contribution is -2.45. The third-order valence-electron chi connectivity index (χ3n) is 6.73. The van der Waals surface area contributed by atoms with Gasteiger partial charge in [-0.3, -0.25) is 9.69 Å². The lowest BCUT2D eigenvalue weighted by atomic mass is 9.85. The Morgan fingerprint density at radius 2 is 1.93 bits per heavy atom. The van der Waals surface area contributed by atoms with Crippen LogP contribution in [0.15, 0.2) is 24.3 Å². The zero-order chi connectivity index (χ0) is 18.6. The first kappa shape index (κ1) is 18.8. The number of nitrogens with zero attached hydrogens (tertiary/aromatic N) is 1. The van der Waals surface area contributed by atoms with Crippen molar-refractivity contribution in [2.45, 2.75) is 63.1 Å². The van der Waals surface area contributed by atoms with Crippen molar-refractivity contribution in [3.05, 3.63) is 29.8 Å². The van der Waals surface area contributed by atoms with Gasteiger partial charge in [0.2, 0.25) is 5.91 Å². The summed E-state index contributed by atoms with van der Waals surface area (Å²) in [5, 5.41) is 6.86. The van der Waals surface area contributed by atoms with Gasteiger partial charge in [0.05, 0.1) is 19.2 Å². The van der Waals surface area contributed by atoms with Crippen LogP contribution in [0.4, 0.5) is 0 Å². The molecule has 2 aliphatic heterocycles. The van der Waals surface area contributed by atoms with Gasteiger partial charge in [0.15, 0.2) is 0 Å². The molecule has 2 saturated heterocycles. The molecule has 0 bridgehead atoms. The van der Waals surface area contributed by atoms with Crippen molar-refractivity contribution in [2.24, 2.45) is 5.92 Å². The number of hydrogen-bond acceptors (Lipinski definition) is 4. The molecule has 148 valence electrons. The first-order valence-electron chi connectivity index (χ1n) is 10.7. The minimum atomic E-state index is -0.00630. The summed E-state index contributed by atoms with van der Waals surface area (Å²) in [5.41, 5.74) is 1.26. The van der Waals surface area contributed by atoms with Crippen molar-refractivity contribution in [3.8, 4) is 5.75 Å². The van der Waals surface area contributed by atoms with Crippen LogP contribution in [0.5, 0.6) is 5.75 Å². The number of fused-ring (bicyclic) bond motifs is 1. The number of methoxy groups -OCH3 is 1. The van der Waals surface area contributed by atoms with E-state index in [2.05, 4.69) is 27.7 Å². The molecule has 0 radical (unpaired) electrons. The molecule has 4 atom stereocenters. The Hall–Kier alpha value is -1.59. The van der Waals surface area contributed by atoms with Crippen LogP contribution in [0.2, 0.25) is 0 Å². The van der Waals surface area contributed by atoms with Crippen LogP contribution in [0, 0.1) is 5.92 Å². The fourth-order valence-electron chi connectivity index (χ4n) is 5.18. The number of carbonyl (C=O) groups is 1. The highest BCUT2D eigenvalue weighted by Crippen LogP contribution is 2.33. The summed E-state index contributed by atoms with van der Waals surface area (Å²) in [6.07, 6.45) is 8.64. The van der Waals surface area contributed by atoms with Crippen molar-refractivity contribution in [2.75, 3.05) is 26.7 Å². The van der Waals surface area contributed by atoms with E-state index < -0.39 is 0 Å². The van der Waals surface area contributed by atoms with Gasteiger partial charge >= 0.3 is 0 Å². The maximum absolute atomic E-state index is 12.8. The molecule has 5 nitrogen and oxygen atoms in total. The van der Waals surface area contributed by atoms with Gasteiger partial charge in [-0.2, -0.15) is 0 Å². The number of nitrogens with one attached hydrogen (secondary N) is 2. The standard InChI is InChI=1S/C22H33N3O2/c1-27-18-10-8-16(9-11-18)21(25-12-4-5-13-25)15-23-22(26)20-14-17-6-2-3-7-19(17)24-20/h8-11,17,19-21,24H,2-7,12-15H2,1H3,(H,23,26). The molecule has 2 N–H and O–H groups in total. The first-order valence-corrected chi connectivity index (χ1v) is 10.7. The summed E-state index contributed by atoms with van der Waals surface area (Å²) < 4.78 is 5.29. The topological polar surface area (TPSA) is 53.6 Å². The third-order valence-corrected chi connectivity index (χ3v) is 6.73. The quantitative estimate of drug-likeness (QED) is 0.807. The van der Waals surface area contributed by atoms with Gasteiger partial charge in [-0.1, -0.05) is 25.0 Å². The molecular formula is C22H33N3O2. The van der Waals surface area contributed by atoms with E-state index in [1.807, 2.05) is 12.1 Å². The molecule has 0 aromatic heterocycles. The summed E-state index contributed by atoms with van der Waals surface area (Å²) in [6.45, 7) is 2.90. The van der Waals surface area contributed by atoms with E-state index in [1.54, 1.807) is 7.11 Å². The summed E-state index contributed by atoms with van der Waals surface area (Å²) >= 11 is 0. The van der Waals surface area contributed by atoms with E-state index >= 15 is 0 Å². The van der Waals surface area contributed by atoms with Gasteiger partial charge in [0.1, 0.15) is 5.75 Å². The summed E-state index contributed by atoms with van der Waals surface area (Å²) in [5.74, 6) is 1.76. The van der Waals surface area contributed by atoms with Crippen molar-refractivity contribution in [3.63, 3.8) is 0 Å². The number of amides is 1. The van der Waals surface area contributed by atoms with Gasteiger partial charge in [-0.05, 0) is 68.8 Å². The van der Waals surface area contributed by atoms with E-state index in [1.165, 1.54) is 44.1 Å². The first-order chi connectivity index (χ1) is 13.2. The summed E-state index contributed by atoms with van der Waals surface area (Å²) in [4.78, 5) is 15.3. The van der Waals surface area contributed by atoms with Crippen LogP contribution in [0.1, 0.15) is 56.6 Å². The minimum Gasteiger partial charge on any atom is -0.497 e. The Kier molecular flexibility index (Phi) is 5.98. The molecule has 3 aliphatic rings. The summed E-state index contributed by atoms with van der Waals surface area (Å²) in [7, 11) is 1.69. The minimum absolute atomic E-state index is 0.00630. The van der Waals surface area contributed by atoms with Crippen molar-refractivity contribution >= 4 is 5.91 Å². The largest absolute Gasteiger partial charge is 0.497 e. The molecule has 4 rings (SSSR count). The second kappa shape index (κ2) is 8.61. The van der Waals surface area contributed by atoms with Crippen LogP contribution < -0.4 is 15.4 Å². The molecule has 27 heavy (non-hydrogen) atoms. The predicted molar refractivity (Wildman–Crippen MR) is 107 cm³/mol. The van der Waals surface area contributed by atoms with E-state index in [4.69, 9.17) is 4.74 Å². The Morgan fingerprint density at radius 3 is 2.63 bits per heavy atom. The Labute approximate surface area is 162 Å². The number of ether oxygens (including phenoxy) is 1. The highest BCUT2D eigenvalue weighted by molar-refractivity contribution is 5.82. The fraction of sp³-hybridized carbons (Fsp3) is 0.682. The van der Waals surface area contributed by atoms with Gasteiger partial charge in [0.25, 0.3) is 0 Å². The van der Waals surface area contributed by atoms with E-state index in [-0.39, 0.29) is 18.0 Å². The molecule has 3 fully saturated rings. The number of hydrogen-bond donors (Lipinski definition) is 2. The lowest BCUT2D eigenvalue weighted by Gasteiger charge is -2.29. The van der Waals surface area contributed by atoms with Gasteiger partial charge < -0.3 is 15.4 Å². The lowest BCUT2D eigenvalue weighted by molar-refractivity contribution is -0.123. The average molecular weight is 372 g/mol. The zero-order valence-corrected chi connectivity index (χ0v) is 16.5. The molecule has 1 aromatic rings. The smallest absolute Gasteiger partial charge is 0.237 e. The maximum atomic E-state index is 12.8. The second-order valence-corrected chi connectivity index (χ2v) is 8.38. The molecule has 1 aliphatic carbocycles. The van der Waals surface area contributed by atoms with E-state index in [9.17, 15) is 4.79 Å². The molecular weight excluding hydrogens is 338 g/mol. The van der Waals surface area contributed by atoms with Crippen LogP contribution in [0.3, 0.4) is 0 Å². The van der Waals surface area contributed by atoms with Crippen molar-refractivity contribution < 1.29 is 9.53 Å². The van der Waals surface area contributed by atoms with Gasteiger partial charge in [-0.15, -0.1) is 0 Å². The second-order valence-electron chi connectivity index (χ2n) is 8.38. The maximum Gasteiger partial charge on any atom is 0.237 e. The number of likely N-dealkylation sites (tertiary alicyclic amines) is 1.